The van der Waals surface area contributed by atoms with E-state index in [0.29, 0.717) is 11.6 Å². The third kappa shape index (κ3) is 3.05. The average Bonchev–Trinajstić information content (AvgIpc) is 2.86. The Morgan fingerprint density at radius 3 is 2.80 bits per heavy atom. The first-order chi connectivity index (χ1) is 9.45. The highest BCUT2D eigenvalue weighted by Gasteiger charge is 2.34. The minimum Gasteiger partial charge on any atom is -0.371 e. The molecule has 0 aromatic heterocycles. The molecular formula is C14H16F3N3. The van der Waals surface area contributed by atoms with Crippen molar-refractivity contribution in [3.8, 4) is 6.07 Å². The molecular weight excluding hydrogens is 267 g/mol. The van der Waals surface area contributed by atoms with Crippen LogP contribution in [0.2, 0.25) is 0 Å². The van der Waals surface area contributed by atoms with Crippen LogP contribution in [0, 0.1) is 17.2 Å². The Balaban J connectivity index is 2.25. The number of nitrogens with zero attached hydrogens (tertiary/aromatic N) is 2. The van der Waals surface area contributed by atoms with Crippen molar-refractivity contribution >= 4 is 5.69 Å². The lowest BCUT2D eigenvalue weighted by molar-refractivity contribution is -0.137. The Morgan fingerprint density at radius 1 is 1.45 bits per heavy atom. The van der Waals surface area contributed by atoms with Crippen molar-refractivity contribution in [3.63, 3.8) is 0 Å². The van der Waals surface area contributed by atoms with Gasteiger partial charge in [-0.1, -0.05) is 0 Å². The van der Waals surface area contributed by atoms with Crippen LogP contribution in [0.5, 0.6) is 0 Å². The number of hydrogen-bond donors (Lipinski definition) is 1. The zero-order valence-corrected chi connectivity index (χ0v) is 11.2. The molecule has 0 saturated carbocycles. The molecule has 3 nitrogen and oxygen atoms in total. The maximum atomic E-state index is 12.9. The lowest BCUT2D eigenvalue weighted by Crippen LogP contribution is -2.24. The van der Waals surface area contributed by atoms with Crippen LogP contribution < -0.4 is 10.2 Å². The second-order valence-corrected chi connectivity index (χ2v) is 5.00. The standard InChI is InChI=1S/C14H16F3N3/c1-19-8-10-4-5-20(9-10)12-3-2-11(7-18)13(6-12)14(15,16)17/h2-3,6,10,19H,4-5,8-9H2,1H3. The van der Waals surface area contributed by atoms with E-state index >= 15 is 0 Å². The molecule has 1 heterocycles. The highest BCUT2D eigenvalue weighted by atomic mass is 19.4. The summed E-state index contributed by atoms with van der Waals surface area (Å²) in [6.45, 7) is 2.35. The zero-order chi connectivity index (χ0) is 14.8. The van der Waals surface area contributed by atoms with Crippen molar-refractivity contribution in [1.82, 2.24) is 5.32 Å². The van der Waals surface area contributed by atoms with Crippen molar-refractivity contribution in [2.75, 3.05) is 31.6 Å². The second-order valence-electron chi connectivity index (χ2n) is 5.00. The van der Waals surface area contributed by atoms with Gasteiger partial charge in [-0.3, -0.25) is 0 Å². The van der Waals surface area contributed by atoms with Gasteiger partial charge in [-0.15, -0.1) is 0 Å². The molecule has 0 spiro atoms. The van der Waals surface area contributed by atoms with Crippen LogP contribution in [0.3, 0.4) is 0 Å². The second kappa shape index (κ2) is 5.71. The summed E-state index contributed by atoms with van der Waals surface area (Å²) in [5.74, 6) is 0.449. The van der Waals surface area contributed by atoms with Crippen molar-refractivity contribution in [1.29, 1.82) is 5.26 Å². The third-order valence-corrected chi connectivity index (χ3v) is 3.57. The fourth-order valence-electron chi connectivity index (χ4n) is 2.58. The number of benzene rings is 1. The minimum atomic E-state index is -4.49. The molecule has 6 heteroatoms. The molecule has 0 amide bonds. The van der Waals surface area contributed by atoms with Gasteiger partial charge in [0.05, 0.1) is 17.2 Å². The maximum Gasteiger partial charge on any atom is 0.417 e. The number of anilines is 1. The monoisotopic (exact) mass is 283 g/mol. The summed E-state index contributed by atoms with van der Waals surface area (Å²) in [5.41, 5.74) is -0.642. The lowest BCUT2D eigenvalue weighted by atomic mass is 10.1. The smallest absolute Gasteiger partial charge is 0.371 e. The summed E-state index contributed by atoms with van der Waals surface area (Å²) < 4.78 is 38.8. The Hall–Kier alpha value is -1.74. The first-order valence-electron chi connectivity index (χ1n) is 6.46. The molecule has 1 atom stereocenters. The van der Waals surface area contributed by atoms with Gasteiger partial charge in [0.1, 0.15) is 0 Å². The predicted molar refractivity (Wildman–Crippen MR) is 70.4 cm³/mol. The highest BCUT2D eigenvalue weighted by Crippen LogP contribution is 2.35. The van der Waals surface area contributed by atoms with E-state index in [-0.39, 0.29) is 5.56 Å². The van der Waals surface area contributed by atoms with E-state index < -0.39 is 11.7 Å². The van der Waals surface area contributed by atoms with Crippen LogP contribution in [0.15, 0.2) is 18.2 Å². The van der Waals surface area contributed by atoms with Gasteiger partial charge in [-0.2, -0.15) is 18.4 Å². The summed E-state index contributed by atoms with van der Waals surface area (Å²) >= 11 is 0. The molecule has 1 N–H and O–H groups in total. The largest absolute Gasteiger partial charge is 0.417 e. The molecule has 1 aromatic rings. The number of nitrogens with one attached hydrogen (secondary N) is 1. The summed E-state index contributed by atoms with van der Waals surface area (Å²) in [4.78, 5) is 1.94. The van der Waals surface area contributed by atoms with E-state index in [2.05, 4.69) is 5.32 Å². The first kappa shape index (κ1) is 14.7. The fourth-order valence-corrected chi connectivity index (χ4v) is 2.58. The molecule has 1 aliphatic rings. The Bertz CT molecular complexity index is 519. The van der Waals surface area contributed by atoms with Crippen molar-refractivity contribution in [2.45, 2.75) is 12.6 Å². The molecule has 1 fully saturated rings. The highest BCUT2D eigenvalue weighted by molar-refractivity contribution is 5.55. The van der Waals surface area contributed by atoms with Gasteiger partial charge < -0.3 is 10.2 Å². The van der Waals surface area contributed by atoms with Crippen molar-refractivity contribution in [2.24, 2.45) is 5.92 Å². The van der Waals surface area contributed by atoms with Crippen molar-refractivity contribution in [3.05, 3.63) is 29.3 Å². The molecule has 0 bridgehead atoms. The number of alkyl halides is 3. The van der Waals surface area contributed by atoms with E-state index in [0.717, 1.165) is 32.1 Å². The SMILES string of the molecule is CNCC1CCN(c2ccc(C#N)c(C(F)(F)F)c2)C1. The number of halogens is 3. The fraction of sp³-hybridized carbons (Fsp3) is 0.500. The first-order valence-corrected chi connectivity index (χ1v) is 6.46. The molecule has 2 rings (SSSR count). The van der Waals surface area contributed by atoms with E-state index in [1.807, 2.05) is 11.9 Å². The minimum absolute atomic E-state index is 0.327. The van der Waals surface area contributed by atoms with Crippen LogP contribution in [0.25, 0.3) is 0 Å². The van der Waals surface area contributed by atoms with Crippen LogP contribution in [0.1, 0.15) is 17.5 Å². The molecule has 1 saturated heterocycles. The van der Waals surface area contributed by atoms with Gasteiger partial charge in [-0.25, -0.2) is 0 Å². The van der Waals surface area contributed by atoms with Crippen LogP contribution in [-0.2, 0) is 6.18 Å². The molecule has 0 aliphatic carbocycles. The van der Waals surface area contributed by atoms with E-state index in [9.17, 15) is 13.2 Å². The molecule has 108 valence electrons. The van der Waals surface area contributed by atoms with Crippen LogP contribution >= 0.6 is 0 Å². The van der Waals surface area contributed by atoms with Crippen LogP contribution in [-0.4, -0.2) is 26.7 Å². The Labute approximate surface area is 116 Å². The maximum absolute atomic E-state index is 12.9. The van der Waals surface area contributed by atoms with E-state index in [1.54, 1.807) is 12.1 Å². The van der Waals surface area contributed by atoms with Gasteiger partial charge in [0.25, 0.3) is 0 Å². The quantitative estimate of drug-likeness (QED) is 0.927. The summed E-state index contributed by atoms with van der Waals surface area (Å²) in [6, 6.07) is 5.53. The van der Waals surface area contributed by atoms with Gasteiger partial charge in [0.15, 0.2) is 0 Å². The van der Waals surface area contributed by atoms with Crippen molar-refractivity contribution < 1.29 is 13.2 Å². The molecule has 1 aliphatic heterocycles. The van der Waals surface area contributed by atoms with E-state index in [1.165, 1.54) is 6.07 Å². The average molecular weight is 283 g/mol. The number of hydrogen-bond acceptors (Lipinski definition) is 3. The van der Waals surface area contributed by atoms with Gasteiger partial charge >= 0.3 is 6.18 Å². The number of rotatable bonds is 3. The summed E-state index contributed by atoms with van der Waals surface area (Å²) in [6.07, 6.45) is -3.53. The topological polar surface area (TPSA) is 39.1 Å². The van der Waals surface area contributed by atoms with Crippen LogP contribution in [0.4, 0.5) is 18.9 Å². The normalized spacial score (nSPS) is 19.1. The van der Waals surface area contributed by atoms with Gasteiger partial charge in [0.2, 0.25) is 0 Å². The Morgan fingerprint density at radius 2 is 2.20 bits per heavy atom. The zero-order valence-electron chi connectivity index (χ0n) is 11.2. The lowest BCUT2D eigenvalue weighted by Gasteiger charge is -2.20. The molecule has 0 radical (unpaired) electrons. The molecule has 1 unspecified atom stereocenters. The van der Waals surface area contributed by atoms with Gasteiger partial charge in [0, 0.05) is 18.8 Å². The summed E-state index contributed by atoms with van der Waals surface area (Å²) in [7, 11) is 1.87. The molecule has 1 aromatic carbocycles. The number of nitriles is 1. The molecule has 20 heavy (non-hydrogen) atoms. The van der Waals surface area contributed by atoms with Gasteiger partial charge in [-0.05, 0) is 44.1 Å². The van der Waals surface area contributed by atoms with E-state index in [4.69, 9.17) is 5.26 Å². The Kier molecular flexibility index (Phi) is 4.19. The predicted octanol–water partition coefficient (Wildman–Crippen LogP) is 2.62. The summed E-state index contributed by atoms with van der Waals surface area (Å²) in [5, 5.41) is 11.9. The third-order valence-electron chi connectivity index (χ3n) is 3.57.